The van der Waals surface area contributed by atoms with Crippen molar-refractivity contribution in [2.45, 2.75) is 57.4 Å². The Kier molecular flexibility index (Phi) is 5.60. The molecule has 0 fully saturated rings. The van der Waals surface area contributed by atoms with Crippen molar-refractivity contribution in [3.8, 4) is 0 Å². The lowest BCUT2D eigenvalue weighted by Gasteiger charge is -2.31. The van der Waals surface area contributed by atoms with E-state index in [1.165, 1.54) is 36.3 Å². The lowest BCUT2D eigenvalue weighted by Crippen LogP contribution is -2.38. The lowest BCUT2D eigenvalue weighted by atomic mass is 9.83. The molecule has 1 aromatic rings. The van der Waals surface area contributed by atoms with E-state index in [1.807, 2.05) is 0 Å². The van der Waals surface area contributed by atoms with Crippen LogP contribution in [0.3, 0.4) is 0 Å². The molecule has 0 saturated carbocycles. The second kappa shape index (κ2) is 7.22. The highest BCUT2D eigenvalue weighted by atomic mass is 32.1. The molecule has 0 radical (unpaired) electrons. The Bertz CT molecular complexity index is 391. The van der Waals surface area contributed by atoms with Crippen LogP contribution in [0.2, 0.25) is 0 Å². The van der Waals surface area contributed by atoms with Crippen molar-refractivity contribution in [3.05, 3.63) is 10.6 Å². The largest absolute Gasteiger partial charge is 0.375 e. The number of unbranched alkanes of at least 4 members (excludes halogenated alkanes) is 1. The monoisotopic (exact) mass is 282 g/mol. The molecule has 0 aromatic carbocycles. The van der Waals surface area contributed by atoms with Crippen molar-refractivity contribution in [1.29, 1.82) is 0 Å². The Morgan fingerprint density at radius 1 is 1.42 bits per heavy atom. The Labute approximate surface area is 120 Å². The number of nitrogen functional groups attached to an aromatic ring is 1. The average Bonchev–Trinajstić information content (AvgIpc) is 2.78. The van der Waals surface area contributed by atoms with Crippen molar-refractivity contribution in [2.24, 2.45) is 5.73 Å². The zero-order valence-electron chi connectivity index (χ0n) is 11.8. The Hall–Kier alpha value is -0.650. The van der Waals surface area contributed by atoms with Gasteiger partial charge in [-0.3, -0.25) is 0 Å². The summed E-state index contributed by atoms with van der Waals surface area (Å²) in [5.41, 5.74) is 12.7. The summed E-state index contributed by atoms with van der Waals surface area (Å²) >= 11 is 1.69. The van der Waals surface area contributed by atoms with Gasteiger partial charge in [-0.1, -0.05) is 13.3 Å². The predicted molar refractivity (Wildman–Crippen MR) is 82.6 cm³/mol. The van der Waals surface area contributed by atoms with Crippen molar-refractivity contribution >= 4 is 16.5 Å². The fourth-order valence-corrected chi connectivity index (χ4v) is 4.02. The summed E-state index contributed by atoms with van der Waals surface area (Å²) in [6, 6.07) is 0.588. The molecular weight excluding hydrogens is 256 g/mol. The molecule has 108 valence electrons. The molecule has 1 aliphatic carbocycles. The van der Waals surface area contributed by atoms with E-state index in [2.05, 4.69) is 17.2 Å². The number of fused-ring (bicyclic) bond motifs is 1. The topological polar surface area (TPSA) is 77.0 Å². The summed E-state index contributed by atoms with van der Waals surface area (Å²) in [6.45, 7) is 4.11. The number of thiazole rings is 1. The minimum atomic E-state index is 0.580. The van der Waals surface area contributed by atoms with Crippen molar-refractivity contribution in [1.82, 2.24) is 10.3 Å². The van der Waals surface area contributed by atoms with Crippen LogP contribution in [0.25, 0.3) is 0 Å². The molecule has 2 rings (SSSR count). The van der Waals surface area contributed by atoms with Crippen LogP contribution in [0.4, 0.5) is 5.13 Å². The molecule has 5 N–H and O–H groups in total. The standard InChI is InChI=1S/C14H26N4S/c1-2-9-17-11-6-7-12-13(19-14(16)18-12)10(11)5-3-4-8-15/h10-11,17H,2-9,15H2,1H3,(H2,16,18). The number of aryl methyl sites for hydroxylation is 1. The molecule has 5 heteroatoms. The van der Waals surface area contributed by atoms with Gasteiger partial charge in [-0.2, -0.15) is 0 Å². The molecule has 0 spiro atoms. The molecule has 0 saturated heterocycles. The normalized spacial score (nSPS) is 22.4. The molecule has 0 bridgehead atoms. The van der Waals surface area contributed by atoms with E-state index in [-0.39, 0.29) is 0 Å². The quantitative estimate of drug-likeness (QED) is 0.670. The summed E-state index contributed by atoms with van der Waals surface area (Å²) in [5.74, 6) is 0.580. The van der Waals surface area contributed by atoms with E-state index in [1.54, 1.807) is 11.3 Å². The van der Waals surface area contributed by atoms with Gasteiger partial charge in [0.15, 0.2) is 5.13 Å². The van der Waals surface area contributed by atoms with E-state index in [0.29, 0.717) is 12.0 Å². The van der Waals surface area contributed by atoms with E-state index in [4.69, 9.17) is 11.5 Å². The van der Waals surface area contributed by atoms with Crippen LogP contribution < -0.4 is 16.8 Å². The third kappa shape index (κ3) is 3.68. The van der Waals surface area contributed by atoms with Gasteiger partial charge in [0.05, 0.1) is 5.69 Å². The van der Waals surface area contributed by atoms with Crippen molar-refractivity contribution in [3.63, 3.8) is 0 Å². The summed E-state index contributed by atoms with van der Waals surface area (Å²) in [7, 11) is 0. The third-order valence-corrected chi connectivity index (χ3v) is 4.94. The Balaban J connectivity index is 2.08. The number of rotatable bonds is 7. The number of nitrogens with two attached hydrogens (primary N) is 2. The van der Waals surface area contributed by atoms with E-state index in [9.17, 15) is 0 Å². The summed E-state index contributed by atoms with van der Waals surface area (Å²) in [5, 5.41) is 4.43. The number of anilines is 1. The third-order valence-electron chi connectivity index (χ3n) is 3.88. The van der Waals surface area contributed by atoms with E-state index >= 15 is 0 Å². The first-order valence-electron chi connectivity index (χ1n) is 7.44. The van der Waals surface area contributed by atoms with Gasteiger partial charge in [0, 0.05) is 16.8 Å². The number of hydrogen-bond acceptors (Lipinski definition) is 5. The molecule has 4 nitrogen and oxygen atoms in total. The number of nitrogens with one attached hydrogen (secondary N) is 1. The zero-order chi connectivity index (χ0) is 13.7. The molecule has 1 aliphatic rings. The summed E-state index contributed by atoms with van der Waals surface area (Å²) in [4.78, 5) is 5.91. The average molecular weight is 282 g/mol. The minimum absolute atomic E-state index is 0.580. The van der Waals surface area contributed by atoms with Crippen molar-refractivity contribution in [2.75, 3.05) is 18.8 Å². The predicted octanol–water partition coefficient (Wildman–Crippen LogP) is 2.25. The van der Waals surface area contributed by atoms with Crippen LogP contribution in [-0.4, -0.2) is 24.1 Å². The van der Waals surface area contributed by atoms with Gasteiger partial charge in [0.1, 0.15) is 0 Å². The highest BCUT2D eigenvalue weighted by molar-refractivity contribution is 7.15. The van der Waals surface area contributed by atoms with Gasteiger partial charge in [-0.15, -0.1) is 11.3 Å². The second-order valence-electron chi connectivity index (χ2n) is 5.35. The van der Waals surface area contributed by atoms with Gasteiger partial charge in [0.25, 0.3) is 0 Å². The highest BCUT2D eigenvalue weighted by Gasteiger charge is 2.31. The SMILES string of the molecule is CCCNC1CCc2nc(N)sc2C1CCCCN. The molecule has 1 heterocycles. The molecule has 0 amide bonds. The molecule has 0 aliphatic heterocycles. The smallest absolute Gasteiger partial charge is 0.180 e. The maximum Gasteiger partial charge on any atom is 0.180 e. The molecule has 2 unspecified atom stereocenters. The summed E-state index contributed by atoms with van der Waals surface area (Å²) in [6.07, 6.45) is 6.95. The molecular formula is C14H26N4S. The van der Waals surface area contributed by atoms with Gasteiger partial charge in [-0.05, 0) is 45.2 Å². The molecule has 1 aromatic heterocycles. The van der Waals surface area contributed by atoms with E-state index < -0.39 is 0 Å². The van der Waals surface area contributed by atoms with Crippen LogP contribution in [0, 0.1) is 0 Å². The maximum absolute atomic E-state index is 5.89. The van der Waals surface area contributed by atoms with Gasteiger partial charge in [-0.25, -0.2) is 4.98 Å². The minimum Gasteiger partial charge on any atom is -0.375 e. The Morgan fingerprint density at radius 2 is 2.26 bits per heavy atom. The molecule has 19 heavy (non-hydrogen) atoms. The zero-order valence-corrected chi connectivity index (χ0v) is 12.6. The van der Waals surface area contributed by atoms with E-state index in [0.717, 1.165) is 31.1 Å². The lowest BCUT2D eigenvalue weighted by molar-refractivity contribution is 0.367. The fraction of sp³-hybridized carbons (Fsp3) is 0.786. The first-order valence-corrected chi connectivity index (χ1v) is 8.26. The van der Waals surface area contributed by atoms with Crippen LogP contribution in [0.5, 0.6) is 0 Å². The first kappa shape index (κ1) is 14.8. The number of nitrogens with zero attached hydrogens (tertiary/aromatic N) is 1. The first-order chi connectivity index (χ1) is 9.26. The maximum atomic E-state index is 5.89. The van der Waals surface area contributed by atoms with Gasteiger partial charge >= 0.3 is 0 Å². The van der Waals surface area contributed by atoms with Gasteiger partial charge in [0.2, 0.25) is 0 Å². The molecule has 2 atom stereocenters. The van der Waals surface area contributed by atoms with Crippen LogP contribution in [0.15, 0.2) is 0 Å². The van der Waals surface area contributed by atoms with Crippen LogP contribution in [-0.2, 0) is 6.42 Å². The fourth-order valence-electron chi connectivity index (χ4n) is 2.94. The Morgan fingerprint density at radius 3 is 3.00 bits per heavy atom. The highest BCUT2D eigenvalue weighted by Crippen LogP contribution is 2.39. The second-order valence-corrected chi connectivity index (χ2v) is 6.42. The van der Waals surface area contributed by atoms with Crippen molar-refractivity contribution < 1.29 is 0 Å². The number of aromatic nitrogens is 1. The van der Waals surface area contributed by atoms with Gasteiger partial charge < -0.3 is 16.8 Å². The van der Waals surface area contributed by atoms with Crippen LogP contribution in [0.1, 0.15) is 55.5 Å². The summed E-state index contributed by atoms with van der Waals surface area (Å²) < 4.78 is 0. The number of hydrogen-bond donors (Lipinski definition) is 3. The van der Waals surface area contributed by atoms with Crippen LogP contribution >= 0.6 is 11.3 Å².